The number of carbonyl (C=O) groups excluding carboxylic acids is 3. The number of hydrogen-bond donors (Lipinski definition) is 0. The molecule has 0 saturated heterocycles. The summed E-state index contributed by atoms with van der Waals surface area (Å²) >= 11 is 1.05. The van der Waals surface area contributed by atoms with Crippen LogP contribution >= 0.6 is 11.3 Å². The highest BCUT2D eigenvalue weighted by atomic mass is 32.1. The molecule has 0 N–H and O–H groups in total. The van der Waals surface area contributed by atoms with Gasteiger partial charge in [-0.1, -0.05) is 24.3 Å². The fourth-order valence-corrected chi connectivity index (χ4v) is 4.18. The molecule has 0 fully saturated rings. The molecule has 0 aliphatic heterocycles. The van der Waals surface area contributed by atoms with Gasteiger partial charge in [-0.2, -0.15) is 0 Å². The summed E-state index contributed by atoms with van der Waals surface area (Å²) in [5, 5.41) is 0. The minimum Gasteiger partial charge on any atom is -0.493 e. The number of methoxy groups -OCH3 is 2. The summed E-state index contributed by atoms with van der Waals surface area (Å²) in [5.74, 6) is 0.212. The Morgan fingerprint density at radius 3 is 2.15 bits per heavy atom. The van der Waals surface area contributed by atoms with E-state index in [2.05, 4.69) is 0 Å². The summed E-state index contributed by atoms with van der Waals surface area (Å²) in [4.78, 5) is 39.0. The van der Waals surface area contributed by atoms with Crippen molar-refractivity contribution < 1.29 is 23.9 Å². The SMILES string of the molecule is COc1ccc(C(=O)c2cc3c(s2)C(=O)c2ccccc2C3=O)cc1OC. The van der Waals surface area contributed by atoms with Crippen molar-refractivity contribution in [3.05, 3.63) is 80.5 Å². The van der Waals surface area contributed by atoms with Crippen LogP contribution in [0.1, 0.15) is 46.4 Å². The molecule has 1 aliphatic carbocycles. The van der Waals surface area contributed by atoms with Crippen LogP contribution in [-0.4, -0.2) is 31.6 Å². The van der Waals surface area contributed by atoms with E-state index in [1.165, 1.54) is 20.3 Å². The molecule has 0 radical (unpaired) electrons. The molecule has 1 heterocycles. The third kappa shape index (κ3) is 2.65. The number of ketones is 3. The Morgan fingerprint density at radius 1 is 0.815 bits per heavy atom. The quantitative estimate of drug-likeness (QED) is 0.506. The Bertz CT molecular complexity index is 1060. The summed E-state index contributed by atoms with van der Waals surface area (Å²) in [5.41, 5.74) is 1.43. The number of ether oxygens (including phenoxy) is 2. The van der Waals surface area contributed by atoms with Gasteiger partial charge in [-0.25, -0.2) is 0 Å². The van der Waals surface area contributed by atoms with Gasteiger partial charge >= 0.3 is 0 Å². The second kappa shape index (κ2) is 6.48. The average Bonchev–Trinajstić information content (AvgIpc) is 3.17. The van der Waals surface area contributed by atoms with E-state index in [9.17, 15) is 14.4 Å². The number of thiophene rings is 1. The lowest BCUT2D eigenvalue weighted by atomic mass is 9.89. The monoisotopic (exact) mass is 378 g/mol. The smallest absolute Gasteiger partial charge is 0.204 e. The van der Waals surface area contributed by atoms with Crippen LogP contribution in [0.4, 0.5) is 0 Å². The van der Waals surface area contributed by atoms with E-state index in [1.54, 1.807) is 42.5 Å². The molecule has 0 bridgehead atoms. The van der Waals surface area contributed by atoms with Gasteiger partial charge in [0.1, 0.15) is 0 Å². The molecule has 5 nitrogen and oxygen atoms in total. The number of carbonyl (C=O) groups is 3. The molecule has 0 unspecified atom stereocenters. The largest absolute Gasteiger partial charge is 0.493 e. The van der Waals surface area contributed by atoms with Crippen LogP contribution < -0.4 is 9.47 Å². The van der Waals surface area contributed by atoms with Crippen molar-refractivity contribution >= 4 is 28.7 Å². The highest BCUT2D eigenvalue weighted by Crippen LogP contribution is 2.35. The standard InChI is InChI=1S/C21H14O5S/c1-25-15-8-7-11(9-16(15)26-2)18(22)17-10-14-19(23)12-5-3-4-6-13(12)20(24)21(14)27-17/h3-10H,1-2H3. The van der Waals surface area contributed by atoms with E-state index in [1.807, 2.05) is 0 Å². The van der Waals surface area contributed by atoms with Gasteiger partial charge in [-0.3, -0.25) is 14.4 Å². The zero-order chi connectivity index (χ0) is 19.1. The second-order valence-corrected chi connectivity index (χ2v) is 7.01. The summed E-state index contributed by atoms with van der Waals surface area (Å²) < 4.78 is 10.4. The third-order valence-electron chi connectivity index (χ3n) is 4.47. The first-order valence-corrected chi connectivity index (χ1v) is 8.95. The molecule has 0 spiro atoms. The molecule has 4 rings (SSSR count). The molecule has 0 amide bonds. The normalized spacial score (nSPS) is 12.4. The van der Waals surface area contributed by atoms with E-state index < -0.39 is 0 Å². The first-order valence-electron chi connectivity index (χ1n) is 8.14. The molecule has 134 valence electrons. The topological polar surface area (TPSA) is 69.7 Å². The van der Waals surface area contributed by atoms with Gasteiger partial charge in [0.15, 0.2) is 17.3 Å². The van der Waals surface area contributed by atoms with Crippen molar-refractivity contribution in [3.63, 3.8) is 0 Å². The van der Waals surface area contributed by atoms with Crippen LogP contribution in [0.2, 0.25) is 0 Å². The van der Waals surface area contributed by atoms with Crippen molar-refractivity contribution in [2.75, 3.05) is 14.2 Å². The molecule has 1 aromatic heterocycles. The molecular weight excluding hydrogens is 364 g/mol. The van der Waals surface area contributed by atoms with E-state index in [0.717, 1.165) is 11.3 Å². The van der Waals surface area contributed by atoms with E-state index in [-0.39, 0.29) is 22.9 Å². The van der Waals surface area contributed by atoms with Gasteiger partial charge < -0.3 is 9.47 Å². The maximum Gasteiger partial charge on any atom is 0.204 e. The summed E-state index contributed by atoms with van der Waals surface area (Å²) in [6.07, 6.45) is 0. The van der Waals surface area contributed by atoms with Crippen LogP contribution in [-0.2, 0) is 0 Å². The molecule has 0 atom stereocenters. The third-order valence-corrected chi connectivity index (χ3v) is 5.60. The van der Waals surface area contributed by atoms with Crippen molar-refractivity contribution in [1.82, 2.24) is 0 Å². The Balaban J connectivity index is 1.76. The van der Waals surface area contributed by atoms with Crippen LogP contribution in [0.25, 0.3) is 0 Å². The molecule has 6 heteroatoms. The Hall–Kier alpha value is -3.25. The van der Waals surface area contributed by atoms with Crippen LogP contribution in [0.15, 0.2) is 48.5 Å². The minimum atomic E-state index is -0.278. The number of benzene rings is 2. The van der Waals surface area contributed by atoms with Gasteiger partial charge in [0.25, 0.3) is 0 Å². The maximum absolute atomic E-state index is 12.9. The lowest BCUT2D eigenvalue weighted by molar-refractivity contribution is 0.0982. The van der Waals surface area contributed by atoms with Crippen LogP contribution in [0, 0.1) is 0 Å². The van der Waals surface area contributed by atoms with Crippen molar-refractivity contribution in [1.29, 1.82) is 0 Å². The molecule has 27 heavy (non-hydrogen) atoms. The minimum absolute atomic E-state index is 0.225. The summed E-state index contributed by atoms with van der Waals surface area (Å²) in [6.45, 7) is 0. The Labute approximate surface area is 159 Å². The van der Waals surface area contributed by atoms with Gasteiger partial charge in [0.05, 0.1) is 24.0 Å². The maximum atomic E-state index is 12.9. The second-order valence-electron chi connectivity index (χ2n) is 5.96. The highest BCUT2D eigenvalue weighted by molar-refractivity contribution is 7.17. The Morgan fingerprint density at radius 2 is 1.48 bits per heavy atom. The van der Waals surface area contributed by atoms with Gasteiger partial charge in [0.2, 0.25) is 11.6 Å². The highest BCUT2D eigenvalue weighted by Gasteiger charge is 2.32. The lowest BCUT2D eigenvalue weighted by Gasteiger charge is -2.12. The summed E-state index contributed by atoms with van der Waals surface area (Å²) in [6, 6.07) is 13.1. The summed E-state index contributed by atoms with van der Waals surface area (Å²) in [7, 11) is 3.01. The zero-order valence-corrected chi connectivity index (χ0v) is 15.4. The van der Waals surface area contributed by atoms with Gasteiger partial charge in [0, 0.05) is 22.3 Å². The molecule has 2 aromatic carbocycles. The van der Waals surface area contributed by atoms with Crippen LogP contribution in [0.5, 0.6) is 11.5 Å². The first kappa shape index (κ1) is 17.2. The fraction of sp³-hybridized carbons (Fsp3) is 0.0952. The predicted molar refractivity (Wildman–Crippen MR) is 101 cm³/mol. The van der Waals surface area contributed by atoms with E-state index >= 15 is 0 Å². The van der Waals surface area contributed by atoms with Crippen molar-refractivity contribution in [2.45, 2.75) is 0 Å². The number of hydrogen-bond acceptors (Lipinski definition) is 6. The molecule has 0 saturated carbocycles. The van der Waals surface area contributed by atoms with E-state index in [0.29, 0.717) is 37.9 Å². The fourth-order valence-electron chi connectivity index (χ4n) is 3.11. The van der Waals surface area contributed by atoms with Crippen molar-refractivity contribution in [3.8, 4) is 11.5 Å². The van der Waals surface area contributed by atoms with Gasteiger partial charge in [-0.15, -0.1) is 11.3 Å². The average molecular weight is 378 g/mol. The van der Waals surface area contributed by atoms with E-state index in [4.69, 9.17) is 9.47 Å². The lowest BCUT2D eigenvalue weighted by Crippen LogP contribution is -2.18. The molecular formula is C21H14O5S. The predicted octanol–water partition coefficient (Wildman–Crippen LogP) is 3.77. The Kier molecular flexibility index (Phi) is 4.12. The van der Waals surface area contributed by atoms with Crippen molar-refractivity contribution in [2.24, 2.45) is 0 Å². The first-order chi connectivity index (χ1) is 13.0. The van der Waals surface area contributed by atoms with Gasteiger partial charge in [-0.05, 0) is 24.3 Å². The molecule has 1 aliphatic rings. The number of fused-ring (bicyclic) bond motifs is 2. The number of rotatable bonds is 4. The zero-order valence-electron chi connectivity index (χ0n) is 14.6. The molecule has 3 aromatic rings. The van der Waals surface area contributed by atoms with Crippen LogP contribution in [0.3, 0.4) is 0 Å².